The summed E-state index contributed by atoms with van der Waals surface area (Å²) in [6.45, 7) is 12.8. The first-order valence-corrected chi connectivity index (χ1v) is 12.6. The average molecular weight is 464 g/mol. The Kier molecular flexibility index (Phi) is 8.22. The second kappa shape index (κ2) is 10.8. The largest absolute Gasteiger partial charge is 0.426 e. The minimum Gasteiger partial charge on any atom is -0.426 e. The molecule has 0 aromatic heterocycles. The lowest BCUT2D eigenvalue weighted by atomic mass is 9.71. The van der Waals surface area contributed by atoms with E-state index in [1.165, 1.54) is 5.56 Å². The Balaban J connectivity index is 1.53. The highest BCUT2D eigenvalue weighted by Gasteiger charge is 2.34. The molecular weight excluding hydrogens is 422 g/mol. The maximum absolute atomic E-state index is 13.0. The van der Waals surface area contributed by atoms with E-state index < -0.39 is 0 Å². The van der Waals surface area contributed by atoms with Crippen molar-refractivity contribution in [2.45, 2.75) is 79.6 Å². The maximum atomic E-state index is 13.0. The zero-order chi connectivity index (χ0) is 24.9. The van der Waals surface area contributed by atoms with Crippen LogP contribution in [0.25, 0.3) is 0 Å². The molecule has 1 amide bonds. The summed E-state index contributed by atoms with van der Waals surface area (Å²) >= 11 is 0. The zero-order valence-corrected chi connectivity index (χ0v) is 21.7. The molecule has 2 aromatic carbocycles. The molecule has 184 valence electrons. The molecule has 3 rings (SSSR count). The van der Waals surface area contributed by atoms with Gasteiger partial charge in [0.25, 0.3) is 0 Å². The van der Waals surface area contributed by atoms with Crippen molar-refractivity contribution in [1.29, 1.82) is 0 Å². The van der Waals surface area contributed by atoms with Gasteiger partial charge in [-0.2, -0.15) is 0 Å². The van der Waals surface area contributed by atoms with Crippen LogP contribution < -0.4 is 10.1 Å². The third kappa shape index (κ3) is 7.44. The Morgan fingerprint density at radius 2 is 1.47 bits per heavy atom. The molecule has 0 radical (unpaired) electrons. The molecule has 1 fully saturated rings. The van der Waals surface area contributed by atoms with Gasteiger partial charge >= 0.3 is 5.97 Å². The molecule has 0 heterocycles. The number of rotatable bonds is 6. The quantitative estimate of drug-likeness (QED) is 0.354. The molecule has 0 bridgehead atoms. The molecule has 34 heavy (non-hydrogen) atoms. The first-order valence-electron chi connectivity index (χ1n) is 12.6. The number of nitrogens with one attached hydrogen (secondary N) is 1. The summed E-state index contributed by atoms with van der Waals surface area (Å²) in [7, 11) is 0. The van der Waals surface area contributed by atoms with Gasteiger partial charge < -0.3 is 10.1 Å². The third-order valence-electron chi connectivity index (χ3n) is 6.85. The maximum Gasteiger partial charge on any atom is 0.314 e. The van der Waals surface area contributed by atoms with Crippen LogP contribution in [0, 0.1) is 22.7 Å². The van der Waals surface area contributed by atoms with Gasteiger partial charge in [0.15, 0.2) is 0 Å². The molecule has 0 aliphatic heterocycles. The van der Waals surface area contributed by atoms with Gasteiger partial charge in [-0.05, 0) is 78.7 Å². The Morgan fingerprint density at radius 1 is 0.882 bits per heavy atom. The van der Waals surface area contributed by atoms with Crippen molar-refractivity contribution in [3.05, 3.63) is 60.2 Å². The first-order chi connectivity index (χ1) is 15.9. The highest BCUT2D eigenvalue weighted by atomic mass is 16.5. The molecule has 1 N–H and O–H groups in total. The van der Waals surface area contributed by atoms with Crippen molar-refractivity contribution in [2.24, 2.45) is 22.7 Å². The number of anilines is 1. The minimum atomic E-state index is -0.152. The summed E-state index contributed by atoms with van der Waals surface area (Å²) < 4.78 is 5.67. The third-order valence-corrected chi connectivity index (χ3v) is 6.85. The Bertz CT molecular complexity index is 943. The summed E-state index contributed by atoms with van der Waals surface area (Å²) in [5.74, 6) is 0.780. The highest BCUT2D eigenvalue weighted by Crippen LogP contribution is 2.38. The SMILES string of the molecule is CC(C)(C)CC(C(=O)Nc1ccc(OC(=O)C2CCC(c3ccccc3)CC2)cc1)C(C)(C)C. The number of ether oxygens (including phenoxy) is 1. The molecule has 0 spiro atoms. The fourth-order valence-electron chi connectivity index (χ4n) is 4.83. The number of hydrogen-bond acceptors (Lipinski definition) is 3. The number of hydrogen-bond donors (Lipinski definition) is 1. The Hall–Kier alpha value is -2.62. The molecule has 1 aliphatic rings. The summed E-state index contributed by atoms with van der Waals surface area (Å²) in [4.78, 5) is 25.8. The van der Waals surface area contributed by atoms with Gasteiger partial charge in [-0.3, -0.25) is 9.59 Å². The lowest BCUT2D eigenvalue weighted by molar-refractivity contribution is -0.140. The van der Waals surface area contributed by atoms with Crippen molar-refractivity contribution in [3.8, 4) is 5.75 Å². The fourth-order valence-corrected chi connectivity index (χ4v) is 4.83. The van der Waals surface area contributed by atoms with E-state index in [4.69, 9.17) is 4.74 Å². The van der Waals surface area contributed by atoms with E-state index in [0.717, 1.165) is 37.8 Å². The van der Waals surface area contributed by atoms with Crippen LogP contribution in [0.2, 0.25) is 0 Å². The second-order valence-corrected chi connectivity index (χ2v) is 12.1. The average Bonchev–Trinajstić information content (AvgIpc) is 2.78. The molecule has 2 aromatic rings. The van der Waals surface area contributed by atoms with Gasteiger partial charge in [0.05, 0.1) is 5.92 Å². The lowest BCUT2D eigenvalue weighted by Crippen LogP contribution is -2.36. The predicted molar refractivity (Wildman–Crippen MR) is 139 cm³/mol. The number of carbonyl (C=O) groups excluding carboxylic acids is 2. The van der Waals surface area contributed by atoms with Crippen LogP contribution in [0.3, 0.4) is 0 Å². The van der Waals surface area contributed by atoms with Crippen LogP contribution in [0.5, 0.6) is 5.75 Å². The van der Waals surface area contributed by atoms with Gasteiger partial charge in [-0.25, -0.2) is 0 Å². The molecule has 4 heteroatoms. The van der Waals surface area contributed by atoms with Gasteiger partial charge in [0, 0.05) is 11.6 Å². The monoisotopic (exact) mass is 463 g/mol. The van der Waals surface area contributed by atoms with E-state index >= 15 is 0 Å². The van der Waals surface area contributed by atoms with Gasteiger partial charge in [0.1, 0.15) is 5.75 Å². The first kappa shape index (κ1) is 26.0. The smallest absolute Gasteiger partial charge is 0.314 e. The molecule has 1 atom stereocenters. The topological polar surface area (TPSA) is 55.4 Å². The predicted octanol–water partition coefficient (Wildman–Crippen LogP) is 7.60. The van der Waals surface area contributed by atoms with Crippen molar-refractivity contribution >= 4 is 17.6 Å². The Labute approximate surface area is 205 Å². The molecule has 1 saturated carbocycles. The number of amides is 1. The minimum absolute atomic E-state index is 0.0299. The number of esters is 1. The summed E-state index contributed by atoms with van der Waals surface area (Å²) in [6.07, 6.45) is 4.55. The van der Waals surface area contributed by atoms with E-state index in [9.17, 15) is 9.59 Å². The number of carbonyl (C=O) groups is 2. The Morgan fingerprint density at radius 3 is 2.00 bits per heavy atom. The van der Waals surface area contributed by atoms with Crippen LogP contribution >= 0.6 is 0 Å². The second-order valence-electron chi connectivity index (χ2n) is 12.1. The van der Waals surface area contributed by atoms with Gasteiger partial charge in [0.2, 0.25) is 5.91 Å². The van der Waals surface area contributed by atoms with E-state index in [1.807, 2.05) is 18.2 Å². The molecule has 4 nitrogen and oxygen atoms in total. The highest BCUT2D eigenvalue weighted by molar-refractivity contribution is 5.93. The molecular formula is C30H41NO3. The van der Waals surface area contributed by atoms with Crippen molar-refractivity contribution < 1.29 is 14.3 Å². The number of benzene rings is 2. The normalized spacial score (nSPS) is 19.8. The molecule has 1 unspecified atom stereocenters. The van der Waals surface area contributed by atoms with E-state index in [0.29, 0.717) is 11.7 Å². The van der Waals surface area contributed by atoms with Crippen LogP contribution in [0.4, 0.5) is 5.69 Å². The summed E-state index contributed by atoms with van der Waals surface area (Å²) in [5.41, 5.74) is 2.01. The van der Waals surface area contributed by atoms with Crippen LogP contribution in [-0.2, 0) is 9.59 Å². The van der Waals surface area contributed by atoms with Gasteiger partial charge in [-0.1, -0.05) is 71.9 Å². The van der Waals surface area contributed by atoms with Crippen molar-refractivity contribution in [2.75, 3.05) is 5.32 Å². The van der Waals surface area contributed by atoms with E-state index in [2.05, 4.69) is 71.1 Å². The van der Waals surface area contributed by atoms with Gasteiger partial charge in [-0.15, -0.1) is 0 Å². The summed E-state index contributed by atoms with van der Waals surface area (Å²) in [6, 6.07) is 17.7. The van der Waals surface area contributed by atoms with E-state index in [1.54, 1.807) is 12.1 Å². The van der Waals surface area contributed by atoms with Crippen LogP contribution in [0.1, 0.15) is 85.1 Å². The zero-order valence-electron chi connectivity index (χ0n) is 21.7. The van der Waals surface area contributed by atoms with Crippen LogP contribution in [0.15, 0.2) is 54.6 Å². The standard InChI is InChI=1S/C30H41NO3/c1-29(2,3)20-26(30(4,5)6)27(32)31-24-16-18-25(19-17-24)34-28(33)23-14-12-22(13-15-23)21-10-8-7-9-11-21/h7-11,16-19,22-23,26H,12-15,20H2,1-6H3,(H,31,32). The summed E-state index contributed by atoms with van der Waals surface area (Å²) in [5, 5.41) is 3.06. The lowest BCUT2D eigenvalue weighted by Gasteiger charge is -2.34. The molecule has 1 aliphatic carbocycles. The van der Waals surface area contributed by atoms with Crippen molar-refractivity contribution in [3.63, 3.8) is 0 Å². The fraction of sp³-hybridized carbons (Fsp3) is 0.533. The van der Waals surface area contributed by atoms with Crippen LogP contribution in [-0.4, -0.2) is 11.9 Å². The molecule has 0 saturated heterocycles. The van der Waals surface area contributed by atoms with E-state index in [-0.39, 0.29) is 34.5 Å². The van der Waals surface area contributed by atoms with Crippen molar-refractivity contribution in [1.82, 2.24) is 0 Å².